The second-order valence-electron chi connectivity index (χ2n) is 4.96. The first-order chi connectivity index (χ1) is 10.0. The largest absolute Gasteiger partial charge is 0.424 e. The quantitative estimate of drug-likeness (QED) is 0.733. The Morgan fingerprint density at radius 3 is 2.52 bits per heavy atom. The third kappa shape index (κ3) is 2.50. The van der Waals surface area contributed by atoms with Crippen molar-refractivity contribution in [1.82, 2.24) is 15.0 Å². The number of nitrogens with one attached hydrogen (secondary N) is 1. The maximum absolute atomic E-state index is 11.2. The first kappa shape index (κ1) is 13.3. The zero-order valence-electron chi connectivity index (χ0n) is 12.1. The number of esters is 1. The van der Waals surface area contributed by atoms with Crippen molar-refractivity contribution in [3.8, 4) is 17.0 Å². The van der Waals surface area contributed by atoms with Gasteiger partial charge in [-0.2, -0.15) is 0 Å². The Morgan fingerprint density at radius 2 is 1.86 bits per heavy atom. The molecule has 3 aromatic rings. The van der Waals surface area contributed by atoms with E-state index in [9.17, 15) is 4.79 Å². The number of hydrogen-bond donors (Lipinski definition) is 1. The van der Waals surface area contributed by atoms with Crippen LogP contribution < -0.4 is 4.74 Å². The van der Waals surface area contributed by atoms with Crippen LogP contribution in [0.5, 0.6) is 5.75 Å². The van der Waals surface area contributed by atoms with Crippen molar-refractivity contribution < 1.29 is 9.53 Å². The van der Waals surface area contributed by atoms with Crippen LogP contribution in [0.25, 0.3) is 22.3 Å². The van der Waals surface area contributed by atoms with E-state index in [1.54, 1.807) is 6.20 Å². The Kier molecular flexibility index (Phi) is 3.17. The fraction of sp³-hybridized carbons (Fsp3) is 0.188. The lowest BCUT2D eigenvalue weighted by Gasteiger charge is -2.06. The number of carbonyl (C=O) groups is 1. The van der Waals surface area contributed by atoms with Crippen LogP contribution in [0.4, 0.5) is 0 Å². The average Bonchev–Trinajstić information content (AvgIpc) is 2.81. The van der Waals surface area contributed by atoms with Crippen molar-refractivity contribution in [1.29, 1.82) is 0 Å². The molecule has 0 spiro atoms. The zero-order valence-corrected chi connectivity index (χ0v) is 12.1. The van der Waals surface area contributed by atoms with Gasteiger partial charge in [-0.25, -0.2) is 9.97 Å². The Labute approximate surface area is 122 Å². The summed E-state index contributed by atoms with van der Waals surface area (Å²) in [6, 6.07) is 8.05. The van der Waals surface area contributed by atoms with E-state index in [2.05, 4.69) is 15.0 Å². The molecule has 0 aliphatic heterocycles. The SMILES string of the molecule is CC(=O)Oc1c[nH]c2nc(C)nc(-c3ccc(C)cc3)c12. The number of carbonyl (C=O) groups excluding carboxylic acids is 1. The van der Waals surface area contributed by atoms with Crippen molar-refractivity contribution in [3.63, 3.8) is 0 Å². The molecule has 5 nitrogen and oxygen atoms in total. The van der Waals surface area contributed by atoms with Gasteiger partial charge in [0.15, 0.2) is 5.75 Å². The van der Waals surface area contributed by atoms with Crippen LogP contribution >= 0.6 is 0 Å². The fourth-order valence-corrected chi connectivity index (χ4v) is 2.27. The third-order valence-electron chi connectivity index (χ3n) is 3.19. The Balaban J connectivity index is 2.26. The molecule has 0 aliphatic rings. The number of ether oxygens (including phenoxy) is 1. The molecule has 3 rings (SSSR count). The fourth-order valence-electron chi connectivity index (χ4n) is 2.27. The number of aryl methyl sites for hydroxylation is 2. The van der Waals surface area contributed by atoms with Crippen molar-refractivity contribution in [2.45, 2.75) is 20.8 Å². The van der Waals surface area contributed by atoms with Gasteiger partial charge in [0, 0.05) is 18.7 Å². The highest BCUT2D eigenvalue weighted by Gasteiger charge is 2.16. The van der Waals surface area contributed by atoms with Crippen LogP contribution in [0.3, 0.4) is 0 Å². The van der Waals surface area contributed by atoms with Gasteiger partial charge in [0.25, 0.3) is 0 Å². The zero-order chi connectivity index (χ0) is 15.0. The topological polar surface area (TPSA) is 67.9 Å². The standard InChI is InChI=1S/C16H15N3O2/c1-9-4-6-12(7-5-9)15-14-13(21-11(3)20)8-17-16(14)19-10(2)18-15/h4-8H,1-3H3,(H,17,18,19). The second kappa shape index (κ2) is 5.01. The molecule has 0 fully saturated rings. The number of fused-ring (bicyclic) bond motifs is 1. The van der Waals surface area contributed by atoms with E-state index in [-0.39, 0.29) is 5.97 Å². The van der Waals surface area contributed by atoms with Gasteiger partial charge >= 0.3 is 5.97 Å². The normalized spacial score (nSPS) is 10.8. The molecule has 0 saturated heterocycles. The van der Waals surface area contributed by atoms with E-state index in [1.807, 2.05) is 38.1 Å². The van der Waals surface area contributed by atoms with Crippen molar-refractivity contribution in [3.05, 3.63) is 41.9 Å². The van der Waals surface area contributed by atoms with Crippen LogP contribution in [0.15, 0.2) is 30.5 Å². The molecule has 5 heteroatoms. The molecule has 0 amide bonds. The molecule has 0 unspecified atom stereocenters. The van der Waals surface area contributed by atoms with E-state index in [4.69, 9.17) is 4.74 Å². The van der Waals surface area contributed by atoms with Crippen LogP contribution in [-0.2, 0) is 4.79 Å². The molecular formula is C16H15N3O2. The summed E-state index contributed by atoms with van der Waals surface area (Å²) in [6.07, 6.45) is 1.64. The van der Waals surface area contributed by atoms with Crippen molar-refractivity contribution in [2.75, 3.05) is 0 Å². The van der Waals surface area contributed by atoms with E-state index >= 15 is 0 Å². The minimum atomic E-state index is -0.369. The van der Waals surface area contributed by atoms with Gasteiger partial charge in [-0.3, -0.25) is 4.79 Å². The van der Waals surface area contributed by atoms with Crippen molar-refractivity contribution in [2.24, 2.45) is 0 Å². The number of nitrogens with zero attached hydrogens (tertiary/aromatic N) is 2. The molecule has 1 N–H and O–H groups in total. The number of hydrogen-bond acceptors (Lipinski definition) is 4. The summed E-state index contributed by atoms with van der Waals surface area (Å²) in [7, 11) is 0. The second-order valence-corrected chi connectivity index (χ2v) is 4.96. The van der Waals surface area contributed by atoms with Gasteiger partial charge in [0.2, 0.25) is 0 Å². The van der Waals surface area contributed by atoms with Crippen LogP contribution in [-0.4, -0.2) is 20.9 Å². The first-order valence-electron chi connectivity index (χ1n) is 6.66. The number of benzene rings is 1. The van der Waals surface area contributed by atoms with Crippen LogP contribution in [0.1, 0.15) is 18.3 Å². The van der Waals surface area contributed by atoms with Gasteiger partial charge < -0.3 is 9.72 Å². The Morgan fingerprint density at radius 1 is 1.14 bits per heavy atom. The molecule has 0 atom stereocenters. The molecular weight excluding hydrogens is 266 g/mol. The van der Waals surface area contributed by atoms with Gasteiger partial charge in [0.1, 0.15) is 11.5 Å². The number of aromatic nitrogens is 3. The van der Waals surface area contributed by atoms with E-state index in [0.29, 0.717) is 17.2 Å². The van der Waals surface area contributed by atoms with Gasteiger partial charge in [-0.15, -0.1) is 0 Å². The first-order valence-corrected chi connectivity index (χ1v) is 6.66. The van der Waals surface area contributed by atoms with E-state index < -0.39 is 0 Å². The molecule has 1 aromatic carbocycles. The highest BCUT2D eigenvalue weighted by molar-refractivity contribution is 5.97. The van der Waals surface area contributed by atoms with Crippen molar-refractivity contribution >= 4 is 17.0 Å². The van der Waals surface area contributed by atoms with E-state index in [1.165, 1.54) is 12.5 Å². The number of H-pyrrole nitrogens is 1. The highest BCUT2D eigenvalue weighted by Crippen LogP contribution is 2.33. The average molecular weight is 281 g/mol. The summed E-state index contributed by atoms with van der Waals surface area (Å²) in [5.41, 5.74) is 3.56. The summed E-state index contributed by atoms with van der Waals surface area (Å²) < 4.78 is 5.24. The molecule has 0 bridgehead atoms. The smallest absolute Gasteiger partial charge is 0.308 e. The van der Waals surface area contributed by atoms with Crippen LogP contribution in [0, 0.1) is 13.8 Å². The molecule has 2 heterocycles. The van der Waals surface area contributed by atoms with Crippen LogP contribution in [0.2, 0.25) is 0 Å². The lowest BCUT2D eigenvalue weighted by molar-refractivity contribution is -0.131. The number of aromatic amines is 1. The summed E-state index contributed by atoms with van der Waals surface area (Å²) >= 11 is 0. The molecule has 2 aromatic heterocycles. The van der Waals surface area contributed by atoms with E-state index in [0.717, 1.165) is 16.6 Å². The molecule has 106 valence electrons. The molecule has 0 saturated carbocycles. The predicted octanol–water partition coefficient (Wildman–Crippen LogP) is 3.17. The highest BCUT2D eigenvalue weighted by atomic mass is 16.5. The minimum Gasteiger partial charge on any atom is -0.424 e. The summed E-state index contributed by atoms with van der Waals surface area (Å²) in [6.45, 7) is 5.24. The molecule has 0 radical (unpaired) electrons. The Bertz CT molecular complexity index is 819. The Hall–Kier alpha value is -2.69. The summed E-state index contributed by atoms with van der Waals surface area (Å²) in [5.74, 6) is 0.744. The van der Waals surface area contributed by atoms with Gasteiger partial charge in [-0.05, 0) is 13.8 Å². The number of rotatable bonds is 2. The molecule has 21 heavy (non-hydrogen) atoms. The lowest BCUT2D eigenvalue weighted by atomic mass is 10.1. The summed E-state index contributed by atoms with van der Waals surface area (Å²) in [4.78, 5) is 23.1. The maximum Gasteiger partial charge on any atom is 0.308 e. The summed E-state index contributed by atoms with van der Waals surface area (Å²) in [5, 5.41) is 0.722. The molecule has 0 aliphatic carbocycles. The van der Waals surface area contributed by atoms with Gasteiger partial charge in [-0.1, -0.05) is 29.8 Å². The minimum absolute atomic E-state index is 0.369. The lowest BCUT2D eigenvalue weighted by Crippen LogP contribution is -2.01. The monoisotopic (exact) mass is 281 g/mol. The van der Waals surface area contributed by atoms with Gasteiger partial charge in [0.05, 0.1) is 11.1 Å². The predicted molar refractivity (Wildman–Crippen MR) is 80.1 cm³/mol. The maximum atomic E-state index is 11.2. The third-order valence-corrected chi connectivity index (χ3v) is 3.19.